The number of carbonyl (C=O) groups is 2. The third kappa shape index (κ3) is 10.2. The quantitative estimate of drug-likeness (QED) is 0.262. The molecule has 0 aromatic heterocycles. The van der Waals surface area contributed by atoms with Gasteiger partial charge in [0.05, 0.1) is 11.9 Å². The maximum Gasteiger partial charge on any atom is 0.243 e. The van der Waals surface area contributed by atoms with Crippen molar-refractivity contribution in [3.63, 3.8) is 0 Å². The van der Waals surface area contributed by atoms with Crippen molar-refractivity contribution in [2.24, 2.45) is 5.92 Å². The molecule has 0 saturated heterocycles. The van der Waals surface area contributed by atoms with Crippen LogP contribution >= 0.6 is 11.6 Å². The Bertz CT molecular complexity index is 1410. The minimum absolute atomic E-state index is 0.0706. The molecule has 0 aliphatic rings. The summed E-state index contributed by atoms with van der Waals surface area (Å²) in [5.74, 6) is -0.169. The minimum Gasteiger partial charge on any atom is -0.354 e. The average Bonchev–Trinajstić information content (AvgIpc) is 2.91. The van der Waals surface area contributed by atoms with Gasteiger partial charge in [0.15, 0.2) is 0 Å². The highest BCUT2D eigenvalue weighted by atomic mass is 35.5. The third-order valence-electron chi connectivity index (χ3n) is 6.64. The number of benzene rings is 3. The highest BCUT2D eigenvalue weighted by molar-refractivity contribution is 7.92. The second-order valence-corrected chi connectivity index (χ2v) is 13.1. The lowest BCUT2D eigenvalue weighted by atomic mass is 10.0. The van der Waals surface area contributed by atoms with E-state index in [2.05, 4.69) is 5.32 Å². The fourth-order valence-electron chi connectivity index (χ4n) is 4.62. The normalized spacial score (nSPS) is 12.1. The van der Waals surface area contributed by atoms with Crippen LogP contribution in [0.4, 0.5) is 5.69 Å². The second-order valence-electron chi connectivity index (χ2n) is 10.8. The zero-order valence-electron chi connectivity index (χ0n) is 24.2. The molecular formula is C32H40ClN3O4S. The number of sulfonamides is 1. The average molecular weight is 598 g/mol. The number of amides is 2. The predicted molar refractivity (Wildman–Crippen MR) is 166 cm³/mol. The van der Waals surface area contributed by atoms with Gasteiger partial charge in [0.25, 0.3) is 0 Å². The first-order valence-electron chi connectivity index (χ1n) is 13.8. The third-order valence-corrected chi connectivity index (χ3v) is 8.07. The Morgan fingerprint density at radius 1 is 0.927 bits per heavy atom. The zero-order chi connectivity index (χ0) is 30.0. The van der Waals surface area contributed by atoms with Gasteiger partial charge in [-0.1, -0.05) is 91.7 Å². The highest BCUT2D eigenvalue weighted by Crippen LogP contribution is 2.23. The van der Waals surface area contributed by atoms with Crippen LogP contribution in [0.2, 0.25) is 5.02 Å². The molecule has 0 bridgehead atoms. The van der Waals surface area contributed by atoms with Gasteiger partial charge in [-0.05, 0) is 48.6 Å². The Morgan fingerprint density at radius 2 is 1.61 bits per heavy atom. The van der Waals surface area contributed by atoms with Crippen LogP contribution in [-0.4, -0.2) is 50.5 Å². The molecule has 0 saturated carbocycles. The van der Waals surface area contributed by atoms with E-state index in [1.165, 1.54) is 4.31 Å². The summed E-state index contributed by atoms with van der Waals surface area (Å²) < 4.78 is 26.4. The molecule has 0 spiro atoms. The van der Waals surface area contributed by atoms with Gasteiger partial charge in [-0.2, -0.15) is 0 Å². The standard InChI is InChI=1S/C32H40ClN3O4S/c1-24(2)22-34-32(38)30(20-26-12-6-5-7-13-26)35(23-27-14-8-11-25(3)19-27)31(37)17-10-18-36(41(4,39)40)29-16-9-15-28(33)21-29/h5-9,11-16,19,21,24,30H,10,17-18,20,22-23H2,1-4H3,(H,34,38). The number of rotatable bonds is 14. The van der Waals surface area contributed by atoms with Crippen molar-refractivity contribution in [1.29, 1.82) is 0 Å². The summed E-state index contributed by atoms with van der Waals surface area (Å²) in [6.07, 6.45) is 1.84. The Hall–Kier alpha value is -3.36. The summed E-state index contributed by atoms with van der Waals surface area (Å²) >= 11 is 6.11. The number of anilines is 1. The molecular weight excluding hydrogens is 558 g/mol. The van der Waals surface area contributed by atoms with Crippen molar-refractivity contribution < 1.29 is 18.0 Å². The molecule has 3 aromatic carbocycles. The van der Waals surface area contributed by atoms with Crippen molar-refractivity contribution in [3.8, 4) is 0 Å². The molecule has 9 heteroatoms. The molecule has 2 amide bonds. The summed E-state index contributed by atoms with van der Waals surface area (Å²) in [7, 11) is -3.61. The minimum atomic E-state index is -3.61. The van der Waals surface area contributed by atoms with Gasteiger partial charge in [0.2, 0.25) is 21.8 Å². The Labute approximate surface area is 249 Å². The molecule has 3 rings (SSSR count). The van der Waals surface area contributed by atoms with Crippen molar-refractivity contribution in [1.82, 2.24) is 10.2 Å². The molecule has 41 heavy (non-hydrogen) atoms. The van der Waals surface area contributed by atoms with Gasteiger partial charge < -0.3 is 10.2 Å². The number of nitrogens with zero attached hydrogens (tertiary/aromatic N) is 2. The fourth-order valence-corrected chi connectivity index (χ4v) is 5.76. The molecule has 7 nitrogen and oxygen atoms in total. The largest absolute Gasteiger partial charge is 0.354 e. The van der Waals surface area contributed by atoms with Crippen LogP contribution in [0.1, 0.15) is 43.4 Å². The first kappa shape index (κ1) is 32.2. The second kappa shape index (κ2) is 15.0. The van der Waals surface area contributed by atoms with E-state index in [4.69, 9.17) is 11.6 Å². The lowest BCUT2D eigenvalue weighted by Crippen LogP contribution is -2.51. The maximum atomic E-state index is 13.9. The van der Waals surface area contributed by atoms with E-state index >= 15 is 0 Å². The van der Waals surface area contributed by atoms with Crippen LogP contribution in [0.15, 0.2) is 78.9 Å². The number of aryl methyl sites for hydroxylation is 1. The fraction of sp³-hybridized carbons (Fsp3) is 0.375. The van der Waals surface area contributed by atoms with Gasteiger partial charge >= 0.3 is 0 Å². The van der Waals surface area contributed by atoms with Gasteiger partial charge in [0.1, 0.15) is 6.04 Å². The summed E-state index contributed by atoms with van der Waals surface area (Å²) in [5.41, 5.74) is 3.37. The number of carbonyl (C=O) groups excluding carboxylic acids is 2. The van der Waals surface area contributed by atoms with Crippen LogP contribution < -0.4 is 9.62 Å². The smallest absolute Gasteiger partial charge is 0.243 e. The van der Waals surface area contributed by atoms with E-state index < -0.39 is 16.1 Å². The molecule has 0 aliphatic carbocycles. The van der Waals surface area contributed by atoms with Gasteiger partial charge in [-0.15, -0.1) is 0 Å². The van der Waals surface area contributed by atoms with Crippen molar-refractivity contribution in [2.75, 3.05) is 23.7 Å². The van der Waals surface area contributed by atoms with Crippen LogP contribution in [0.25, 0.3) is 0 Å². The van der Waals surface area contributed by atoms with Crippen LogP contribution in [0.3, 0.4) is 0 Å². The first-order chi connectivity index (χ1) is 19.4. The summed E-state index contributed by atoms with van der Waals surface area (Å²) in [6.45, 7) is 6.90. The van der Waals surface area contributed by atoms with Crippen LogP contribution in [0.5, 0.6) is 0 Å². The lowest BCUT2D eigenvalue weighted by molar-refractivity contribution is -0.141. The summed E-state index contributed by atoms with van der Waals surface area (Å²) in [4.78, 5) is 29.1. The van der Waals surface area contributed by atoms with E-state index in [1.807, 2.05) is 75.4 Å². The highest BCUT2D eigenvalue weighted by Gasteiger charge is 2.30. The SMILES string of the molecule is Cc1cccc(CN(C(=O)CCCN(c2cccc(Cl)c2)S(C)(=O)=O)C(Cc2ccccc2)C(=O)NCC(C)C)c1. The molecule has 0 radical (unpaired) electrons. The van der Waals surface area contributed by atoms with Crippen molar-refractivity contribution >= 4 is 39.1 Å². The van der Waals surface area contributed by atoms with Crippen LogP contribution in [0, 0.1) is 12.8 Å². The molecule has 1 N–H and O–H groups in total. The van der Waals surface area contributed by atoms with Gasteiger partial charge in [0, 0.05) is 37.5 Å². The maximum absolute atomic E-state index is 13.9. The number of nitrogens with one attached hydrogen (secondary N) is 1. The van der Waals surface area contributed by atoms with Gasteiger partial charge in [-0.3, -0.25) is 13.9 Å². The summed E-state index contributed by atoms with van der Waals surface area (Å²) in [6, 6.07) is 23.4. The van der Waals surface area contributed by atoms with E-state index in [9.17, 15) is 18.0 Å². The molecule has 0 aliphatic heterocycles. The predicted octanol–water partition coefficient (Wildman–Crippen LogP) is 5.61. The van der Waals surface area contributed by atoms with E-state index in [0.717, 1.165) is 22.9 Å². The first-order valence-corrected chi connectivity index (χ1v) is 16.1. The van der Waals surface area contributed by atoms with Crippen molar-refractivity contribution in [3.05, 3.63) is 101 Å². The number of hydrogen-bond acceptors (Lipinski definition) is 4. The molecule has 3 aromatic rings. The Kier molecular flexibility index (Phi) is 11.8. The zero-order valence-corrected chi connectivity index (χ0v) is 25.8. The Balaban J connectivity index is 1.88. The molecule has 1 atom stereocenters. The topological polar surface area (TPSA) is 86.8 Å². The molecule has 220 valence electrons. The van der Waals surface area contributed by atoms with E-state index in [1.54, 1.807) is 29.2 Å². The van der Waals surface area contributed by atoms with Crippen LogP contribution in [-0.2, 0) is 32.6 Å². The monoisotopic (exact) mass is 597 g/mol. The van der Waals surface area contributed by atoms with Gasteiger partial charge in [-0.25, -0.2) is 8.42 Å². The molecule has 1 unspecified atom stereocenters. The van der Waals surface area contributed by atoms with Crippen molar-refractivity contribution in [2.45, 2.75) is 52.6 Å². The number of hydrogen-bond donors (Lipinski definition) is 1. The molecule has 0 fully saturated rings. The van der Waals surface area contributed by atoms with E-state index in [0.29, 0.717) is 23.7 Å². The lowest BCUT2D eigenvalue weighted by Gasteiger charge is -2.32. The van der Waals surface area contributed by atoms with E-state index in [-0.39, 0.29) is 43.7 Å². The summed E-state index contributed by atoms with van der Waals surface area (Å²) in [5, 5.41) is 3.45. The Morgan fingerprint density at radius 3 is 2.24 bits per heavy atom. The molecule has 0 heterocycles. The number of halogens is 1.